The van der Waals surface area contributed by atoms with Crippen LogP contribution < -0.4 is 5.32 Å². The van der Waals surface area contributed by atoms with Gasteiger partial charge < -0.3 is 10.4 Å². The number of aliphatic hydroxyl groups excluding tert-OH is 1. The molecule has 1 saturated carbocycles. The first-order valence-corrected chi connectivity index (χ1v) is 7.58. The third-order valence-electron chi connectivity index (χ3n) is 4.41. The molecule has 1 aliphatic carbocycles. The summed E-state index contributed by atoms with van der Waals surface area (Å²) in [6.07, 6.45) is 8.40. The van der Waals surface area contributed by atoms with Gasteiger partial charge in [0.25, 0.3) is 0 Å². The van der Waals surface area contributed by atoms with Crippen molar-refractivity contribution >= 4 is 0 Å². The van der Waals surface area contributed by atoms with E-state index in [1.54, 1.807) is 0 Å². The van der Waals surface area contributed by atoms with E-state index in [9.17, 15) is 5.11 Å². The van der Waals surface area contributed by atoms with Gasteiger partial charge in [0, 0.05) is 12.6 Å². The molecule has 0 radical (unpaired) electrons. The highest BCUT2D eigenvalue weighted by atomic mass is 16.3. The maximum Gasteiger partial charge on any atom is 0.0580 e. The third-order valence-corrected chi connectivity index (χ3v) is 4.41. The molecule has 0 aromatic heterocycles. The molecule has 1 fully saturated rings. The molecule has 1 aliphatic rings. The van der Waals surface area contributed by atoms with Crippen LogP contribution in [0.25, 0.3) is 0 Å². The maximum atomic E-state index is 9.94. The number of nitrogens with one attached hydrogen (secondary N) is 1. The fraction of sp³-hybridized carbons (Fsp3) is 1.00. The second-order valence-electron chi connectivity index (χ2n) is 5.87. The smallest absolute Gasteiger partial charge is 0.0580 e. The fourth-order valence-electron chi connectivity index (χ4n) is 2.79. The number of aliphatic hydroxyl groups is 1. The largest absolute Gasteiger partial charge is 0.393 e. The third kappa shape index (κ3) is 5.39. The minimum absolute atomic E-state index is 0.0580. The minimum Gasteiger partial charge on any atom is -0.393 e. The molecule has 0 saturated heterocycles. The predicted octanol–water partition coefficient (Wildman–Crippen LogP) is 3.34. The van der Waals surface area contributed by atoms with Crippen LogP contribution in [-0.4, -0.2) is 23.8 Å². The lowest BCUT2D eigenvalue weighted by Gasteiger charge is -2.30. The normalized spacial score (nSPS) is 28.9. The molecule has 17 heavy (non-hydrogen) atoms. The van der Waals surface area contributed by atoms with E-state index in [4.69, 9.17) is 0 Å². The van der Waals surface area contributed by atoms with E-state index in [1.165, 1.54) is 38.5 Å². The summed E-state index contributed by atoms with van der Waals surface area (Å²) in [5.41, 5.74) is 0. The van der Waals surface area contributed by atoms with Crippen LogP contribution in [0.3, 0.4) is 0 Å². The van der Waals surface area contributed by atoms with E-state index in [-0.39, 0.29) is 6.10 Å². The van der Waals surface area contributed by atoms with Crippen LogP contribution >= 0.6 is 0 Å². The van der Waals surface area contributed by atoms with Crippen molar-refractivity contribution < 1.29 is 5.11 Å². The standard InChI is InChI=1S/C15H31NO/c1-4-12(3)10-14(5-2)16-11-13-8-6-7-9-15(13)17/h12-17H,4-11H2,1-3H3. The van der Waals surface area contributed by atoms with E-state index in [0.29, 0.717) is 12.0 Å². The van der Waals surface area contributed by atoms with Crippen molar-refractivity contribution in [2.24, 2.45) is 11.8 Å². The van der Waals surface area contributed by atoms with E-state index in [0.717, 1.165) is 18.9 Å². The SMILES string of the molecule is CCC(C)CC(CC)NCC1CCCCC1O. The molecule has 102 valence electrons. The highest BCUT2D eigenvalue weighted by Crippen LogP contribution is 2.24. The first kappa shape index (κ1) is 15.0. The topological polar surface area (TPSA) is 32.3 Å². The minimum atomic E-state index is -0.0580. The lowest BCUT2D eigenvalue weighted by atomic mass is 9.86. The fourth-order valence-corrected chi connectivity index (χ4v) is 2.79. The Morgan fingerprint density at radius 2 is 1.88 bits per heavy atom. The van der Waals surface area contributed by atoms with Gasteiger partial charge in [-0.25, -0.2) is 0 Å². The average Bonchev–Trinajstić information content (AvgIpc) is 2.35. The molecule has 4 atom stereocenters. The summed E-state index contributed by atoms with van der Waals surface area (Å²) < 4.78 is 0. The zero-order chi connectivity index (χ0) is 12.7. The maximum absolute atomic E-state index is 9.94. The lowest BCUT2D eigenvalue weighted by Crippen LogP contribution is -2.39. The van der Waals surface area contributed by atoms with Gasteiger partial charge in [-0.15, -0.1) is 0 Å². The van der Waals surface area contributed by atoms with Crippen molar-refractivity contribution in [1.82, 2.24) is 5.32 Å². The number of hydrogen-bond donors (Lipinski definition) is 2. The van der Waals surface area contributed by atoms with Crippen LogP contribution in [-0.2, 0) is 0 Å². The van der Waals surface area contributed by atoms with E-state index >= 15 is 0 Å². The van der Waals surface area contributed by atoms with Crippen molar-refractivity contribution in [2.45, 2.75) is 77.9 Å². The van der Waals surface area contributed by atoms with Crippen molar-refractivity contribution in [1.29, 1.82) is 0 Å². The Morgan fingerprint density at radius 3 is 2.47 bits per heavy atom. The Kier molecular flexibility index (Phi) is 7.14. The van der Waals surface area contributed by atoms with Crippen molar-refractivity contribution in [3.8, 4) is 0 Å². The Bertz CT molecular complexity index is 195. The van der Waals surface area contributed by atoms with E-state index in [2.05, 4.69) is 26.1 Å². The zero-order valence-corrected chi connectivity index (χ0v) is 11.9. The van der Waals surface area contributed by atoms with Gasteiger partial charge in [-0.1, -0.05) is 40.0 Å². The van der Waals surface area contributed by atoms with Crippen molar-refractivity contribution in [2.75, 3.05) is 6.54 Å². The second-order valence-corrected chi connectivity index (χ2v) is 5.87. The Hall–Kier alpha value is -0.0800. The Labute approximate surface area is 107 Å². The van der Waals surface area contributed by atoms with Crippen LogP contribution in [0, 0.1) is 11.8 Å². The summed E-state index contributed by atoms with van der Waals surface area (Å²) in [6.45, 7) is 7.87. The molecular formula is C15H31NO. The number of hydrogen-bond acceptors (Lipinski definition) is 2. The monoisotopic (exact) mass is 241 g/mol. The van der Waals surface area contributed by atoms with Crippen LogP contribution in [0.15, 0.2) is 0 Å². The zero-order valence-electron chi connectivity index (χ0n) is 11.9. The van der Waals surface area contributed by atoms with Crippen LogP contribution in [0.4, 0.5) is 0 Å². The molecule has 2 N–H and O–H groups in total. The van der Waals surface area contributed by atoms with Gasteiger partial charge in [-0.2, -0.15) is 0 Å². The molecule has 0 amide bonds. The van der Waals surface area contributed by atoms with E-state index < -0.39 is 0 Å². The average molecular weight is 241 g/mol. The summed E-state index contributed by atoms with van der Waals surface area (Å²) in [6, 6.07) is 0.638. The van der Waals surface area contributed by atoms with Crippen molar-refractivity contribution in [3.63, 3.8) is 0 Å². The highest BCUT2D eigenvalue weighted by Gasteiger charge is 2.23. The van der Waals surface area contributed by atoms with E-state index in [1.807, 2.05) is 0 Å². The molecule has 0 heterocycles. The van der Waals surface area contributed by atoms with Gasteiger partial charge in [-0.3, -0.25) is 0 Å². The van der Waals surface area contributed by atoms with Crippen LogP contribution in [0.2, 0.25) is 0 Å². The molecule has 0 aromatic carbocycles. The Morgan fingerprint density at radius 1 is 1.18 bits per heavy atom. The van der Waals surface area contributed by atoms with Gasteiger partial charge in [0.2, 0.25) is 0 Å². The lowest BCUT2D eigenvalue weighted by molar-refractivity contribution is 0.0675. The quantitative estimate of drug-likeness (QED) is 0.716. The molecule has 0 aromatic rings. The summed E-state index contributed by atoms with van der Waals surface area (Å²) in [4.78, 5) is 0. The highest BCUT2D eigenvalue weighted by molar-refractivity contribution is 4.78. The number of rotatable bonds is 7. The molecule has 2 nitrogen and oxygen atoms in total. The molecule has 0 spiro atoms. The first-order valence-electron chi connectivity index (χ1n) is 7.58. The summed E-state index contributed by atoms with van der Waals surface area (Å²) in [5.74, 6) is 1.30. The molecule has 0 aliphatic heterocycles. The Balaban J connectivity index is 2.26. The van der Waals surface area contributed by atoms with Gasteiger partial charge in [0.15, 0.2) is 0 Å². The summed E-state index contributed by atoms with van der Waals surface area (Å²) in [5, 5.41) is 13.6. The van der Waals surface area contributed by atoms with Gasteiger partial charge in [0.1, 0.15) is 0 Å². The van der Waals surface area contributed by atoms with Crippen LogP contribution in [0.5, 0.6) is 0 Å². The molecular weight excluding hydrogens is 210 g/mol. The molecule has 4 unspecified atom stereocenters. The second kappa shape index (κ2) is 8.10. The molecule has 2 heteroatoms. The van der Waals surface area contributed by atoms with Gasteiger partial charge >= 0.3 is 0 Å². The molecule has 0 bridgehead atoms. The van der Waals surface area contributed by atoms with Crippen molar-refractivity contribution in [3.05, 3.63) is 0 Å². The molecule has 1 rings (SSSR count). The van der Waals surface area contributed by atoms with Gasteiger partial charge in [0.05, 0.1) is 6.10 Å². The first-order chi connectivity index (χ1) is 8.17. The summed E-state index contributed by atoms with van der Waals surface area (Å²) in [7, 11) is 0. The van der Waals surface area contributed by atoms with Crippen LogP contribution in [0.1, 0.15) is 65.7 Å². The van der Waals surface area contributed by atoms with Gasteiger partial charge in [-0.05, 0) is 37.5 Å². The summed E-state index contributed by atoms with van der Waals surface area (Å²) >= 11 is 0. The predicted molar refractivity (Wildman–Crippen MR) is 74.1 cm³/mol.